The van der Waals surface area contributed by atoms with Crippen molar-refractivity contribution in [3.8, 4) is 11.4 Å². The summed E-state index contributed by atoms with van der Waals surface area (Å²) in [5.41, 5.74) is 1.43. The van der Waals surface area contributed by atoms with Gasteiger partial charge in [-0.2, -0.15) is 18.2 Å². The summed E-state index contributed by atoms with van der Waals surface area (Å²) in [6, 6.07) is 10.8. The van der Waals surface area contributed by atoms with Crippen LogP contribution in [0, 0.1) is 0 Å². The highest BCUT2D eigenvalue weighted by Crippen LogP contribution is 2.32. The summed E-state index contributed by atoms with van der Waals surface area (Å²) in [5.74, 6) is 0.878. The maximum Gasteiger partial charge on any atom is 0.434 e. The summed E-state index contributed by atoms with van der Waals surface area (Å²) in [5, 5.41) is 7.42. The standard InChI is InChI=1S/C20H18ClF3N6/c1-12(2)29-11-16(20(22,23)24)26-18(29)14-7-5-13(6-8-14)10-25-17-15-4-3-9-30(15)28-19(21)27-17/h3-9,11-12H,10H2,1-2H3,(H,25,27,28). The smallest absolute Gasteiger partial charge is 0.364 e. The molecule has 3 aromatic heterocycles. The van der Waals surface area contributed by atoms with Crippen molar-refractivity contribution in [1.29, 1.82) is 0 Å². The topological polar surface area (TPSA) is 60.0 Å². The molecule has 0 radical (unpaired) electrons. The fraction of sp³-hybridized carbons (Fsp3) is 0.250. The van der Waals surface area contributed by atoms with Gasteiger partial charge < -0.3 is 9.88 Å². The molecule has 1 N–H and O–H groups in total. The monoisotopic (exact) mass is 434 g/mol. The van der Waals surface area contributed by atoms with E-state index >= 15 is 0 Å². The van der Waals surface area contributed by atoms with Gasteiger partial charge in [0.1, 0.15) is 11.3 Å². The summed E-state index contributed by atoms with van der Waals surface area (Å²) in [6.45, 7) is 4.10. The quantitative estimate of drug-likeness (QED) is 0.453. The lowest BCUT2D eigenvalue weighted by atomic mass is 10.1. The number of nitrogens with zero attached hydrogens (tertiary/aromatic N) is 5. The number of benzene rings is 1. The number of fused-ring (bicyclic) bond motifs is 1. The van der Waals surface area contributed by atoms with E-state index < -0.39 is 11.9 Å². The molecule has 4 rings (SSSR count). The van der Waals surface area contributed by atoms with Crippen LogP contribution in [0.15, 0.2) is 48.8 Å². The molecule has 0 atom stereocenters. The van der Waals surface area contributed by atoms with Crippen molar-refractivity contribution < 1.29 is 13.2 Å². The van der Waals surface area contributed by atoms with E-state index in [0.717, 1.165) is 17.3 Å². The Morgan fingerprint density at radius 1 is 1.10 bits per heavy atom. The number of hydrogen-bond acceptors (Lipinski definition) is 4. The molecule has 0 aliphatic heterocycles. The van der Waals surface area contributed by atoms with E-state index in [0.29, 0.717) is 17.9 Å². The number of halogens is 4. The molecule has 0 aliphatic carbocycles. The lowest BCUT2D eigenvalue weighted by Crippen LogP contribution is -2.05. The van der Waals surface area contributed by atoms with Gasteiger partial charge in [0.2, 0.25) is 5.28 Å². The first-order valence-electron chi connectivity index (χ1n) is 9.22. The number of alkyl halides is 3. The second-order valence-electron chi connectivity index (χ2n) is 7.07. The predicted octanol–water partition coefficient (Wildman–Crippen LogP) is 5.46. The molecule has 3 heterocycles. The molecule has 0 unspecified atom stereocenters. The van der Waals surface area contributed by atoms with E-state index in [1.54, 1.807) is 22.8 Å². The number of anilines is 1. The predicted molar refractivity (Wildman–Crippen MR) is 108 cm³/mol. The first kappa shape index (κ1) is 20.2. The molecule has 6 nitrogen and oxygen atoms in total. The second-order valence-corrected chi connectivity index (χ2v) is 7.40. The van der Waals surface area contributed by atoms with Crippen molar-refractivity contribution in [2.45, 2.75) is 32.6 Å². The maximum absolute atomic E-state index is 13.1. The van der Waals surface area contributed by atoms with Crippen molar-refractivity contribution in [3.63, 3.8) is 0 Å². The number of nitrogens with one attached hydrogen (secondary N) is 1. The third-order valence-corrected chi connectivity index (χ3v) is 4.78. The summed E-state index contributed by atoms with van der Waals surface area (Å²) in [4.78, 5) is 8.04. The average Bonchev–Trinajstić information content (AvgIpc) is 3.33. The van der Waals surface area contributed by atoms with Crippen LogP contribution in [0.25, 0.3) is 16.9 Å². The van der Waals surface area contributed by atoms with Crippen molar-refractivity contribution in [2.24, 2.45) is 0 Å². The molecular weight excluding hydrogens is 417 g/mol. The van der Waals surface area contributed by atoms with Gasteiger partial charge in [-0.3, -0.25) is 0 Å². The van der Waals surface area contributed by atoms with Crippen LogP contribution in [-0.4, -0.2) is 24.1 Å². The van der Waals surface area contributed by atoms with E-state index in [2.05, 4.69) is 20.4 Å². The van der Waals surface area contributed by atoms with Crippen LogP contribution in [0.5, 0.6) is 0 Å². The van der Waals surface area contributed by atoms with Crippen molar-refractivity contribution in [1.82, 2.24) is 24.1 Å². The summed E-state index contributed by atoms with van der Waals surface area (Å²) >= 11 is 5.95. The Morgan fingerprint density at radius 2 is 1.83 bits per heavy atom. The van der Waals surface area contributed by atoms with Crippen LogP contribution in [-0.2, 0) is 12.7 Å². The number of imidazole rings is 1. The summed E-state index contributed by atoms with van der Waals surface area (Å²) in [7, 11) is 0. The Balaban J connectivity index is 1.56. The van der Waals surface area contributed by atoms with Gasteiger partial charge in [-0.15, -0.1) is 5.10 Å². The number of aromatic nitrogens is 5. The second kappa shape index (κ2) is 7.64. The Labute approximate surface area is 175 Å². The van der Waals surface area contributed by atoms with Gasteiger partial charge in [-0.05, 0) is 43.1 Å². The van der Waals surface area contributed by atoms with Crippen LogP contribution in [0.1, 0.15) is 31.1 Å². The molecule has 0 bridgehead atoms. The summed E-state index contributed by atoms with van der Waals surface area (Å²) < 4.78 is 42.4. The Morgan fingerprint density at radius 3 is 2.50 bits per heavy atom. The summed E-state index contributed by atoms with van der Waals surface area (Å²) in [6.07, 6.45) is -1.66. The first-order valence-corrected chi connectivity index (χ1v) is 9.60. The minimum absolute atomic E-state index is 0.123. The van der Waals surface area contributed by atoms with Gasteiger partial charge in [-0.1, -0.05) is 24.3 Å². The number of hydrogen-bond donors (Lipinski definition) is 1. The van der Waals surface area contributed by atoms with Gasteiger partial charge in [-0.25, -0.2) is 9.50 Å². The Hall–Kier alpha value is -3.07. The SMILES string of the molecule is CC(C)n1cc(C(F)(F)F)nc1-c1ccc(CNc2nc(Cl)nn3cccc23)cc1. The fourth-order valence-electron chi connectivity index (χ4n) is 3.13. The molecule has 10 heteroatoms. The molecule has 1 aromatic carbocycles. The molecule has 156 valence electrons. The van der Waals surface area contributed by atoms with E-state index in [-0.39, 0.29) is 17.1 Å². The average molecular weight is 435 g/mol. The van der Waals surface area contributed by atoms with Gasteiger partial charge >= 0.3 is 6.18 Å². The highest BCUT2D eigenvalue weighted by atomic mass is 35.5. The zero-order valence-electron chi connectivity index (χ0n) is 16.2. The lowest BCUT2D eigenvalue weighted by molar-refractivity contribution is -0.140. The van der Waals surface area contributed by atoms with Crippen molar-refractivity contribution in [2.75, 3.05) is 5.32 Å². The Kier molecular flexibility index (Phi) is 5.15. The van der Waals surface area contributed by atoms with Gasteiger partial charge in [0.05, 0.1) is 0 Å². The van der Waals surface area contributed by atoms with E-state index in [1.165, 1.54) is 4.57 Å². The zero-order valence-corrected chi connectivity index (χ0v) is 16.9. The minimum atomic E-state index is -4.48. The first-order chi connectivity index (χ1) is 14.2. The van der Waals surface area contributed by atoms with E-state index in [9.17, 15) is 13.2 Å². The van der Waals surface area contributed by atoms with E-state index in [4.69, 9.17) is 11.6 Å². The molecule has 0 amide bonds. The zero-order chi connectivity index (χ0) is 21.5. The number of rotatable bonds is 5. The normalized spacial score (nSPS) is 12.1. The van der Waals surface area contributed by atoms with Crippen LogP contribution < -0.4 is 5.32 Å². The minimum Gasteiger partial charge on any atom is -0.364 e. The highest BCUT2D eigenvalue weighted by Gasteiger charge is 2.35. The Bertz CT molecular complexity index is 1180. The van der Waals surface area contributed by atoms with Crippen LogP contribution in [0.3, 0.4) is 0 Å². The molecule has 0 saturated heterocycles. The molecule has 4 aromatic rings. The molecular formula is C20H18ClF3N6. The fourth-order valence-corrected chi connectivity index (χ4v) is 3.30. The molecule has 30 heavy (non-hydrogen) atoms. The molecule has 0 spiro atoms. The van der Waals surface area contributed by atoms with Crippen LogP contribution in [0.2, 0.25) is 5.28 Å². The van der Waals surface area contributed by atoms with Gasteiger partial charge in [0.15, 0.2) is 11.5 Å². The van der Waals surface area contributed by atoms with E-state index in [1.807, 2.05) is 38.1 Å². The van der Waals surface area contributed by atoms with Gasteiger partial charge in [0, 0.05) is 30.5 Å². The maximum atomic E-state index is 13.1. The highest BCUT2D eigenvalue weighted by molar-refractivity contribution is 6.28. The third kappa shape index (κ3) is 3.97. The molecule has 0 saturated carbocycles. The van der Waals surface area contributed by atoms with Crippen molar-refractivity contribution in [3.05, 3.63) is 65.3 Å². The molecule has 0 aliphatic rings. The van der Waals surface area contributed by atoms with Crippen LogP contribution in [0.4, 0.5) is 19.0 Å². The van der Waals surface area contributed by atoms with Crippen molar-refractivity contribution >= 4 is 22.9 Å². The largest absolute Gasteiger partial charge is 0.434 e. The third-order valence-electron chi connectivity index (χ3n) is 4.62. The van der Waals surface area contributed by atoms with Gasteiger partial charge in [0.25, 0.3) is 0 Å². The van der Waals surface area contributed by atoms with Crippen LogP contribution >= 0.6 is 11.6 Å². The molecule has 0 fully saturated rings. The lowest BCUT2D eigenvalue weighted by Gasteiger charge is -2.12.